The number of rotatable bonds is 9. The van der Waals surface area contributed by atoms with Crippen LogP contribution in [-0.4, -0.2) is 74.6 Å². The van der Waals surface area contributed by atoms with E-state index in [2.05, 4.69) is 5.32 Å². The van der Waals surface area contributed by atoms with Crippen LogP contribution in [0.2, 0.25) is 0 Å². The molecule has 8 nitrogen and oxygen atoms in total. The number of nitrogens with one attached hydrogen (secondary N) is 1. The van der Waals surface area contributed by atoms with Crippen LogP contribution in [0.15, 0.2) is 24.3 Å². The third-order valence-corrected chi connectivity index (χ3v) is 6.15. The number of ether oxygens (including phenoxy) is 1. The highest BCUT2D eigenvalue weighted by atomic mass is 32.2. The van der Waals surface area contributed by atoms with Crippen molar-refractivity contribution in [1.82, 2.24) is 14.5 Å². The van der Waals surface area contributed by atoms with Crippen molar-refractivity contribution in [2.45, 2.75) is 38.5 Å². The molecule has 0 unspecified atom stereocenters. The van der Waals surface area contributed by atoms with E-state index in [9.17, 15) is 22.4 Å². The third-order valence-electron chi connectivity index (χ3n) is 4.89. The van der Waals surface area contributed by atoms with Crippen LogP contribution in [-0.2, 0) is 30.9 Å². The van der Waals surface area contributed by atoms with E-state index in [4.69, 9.17) is 4.74 Å². The van der Waals surface area contributed by atoms with Crippen molar-refractivity contribution >= 4 is 21.8 Å². The second-order valence-electron chi connectivity index (χ2n) is 7.22. The number of benzene rings is 1. The molecule has 2 amide bonds. The lowest BCUT2D eigenvalue weighted by atomic mass is 10.1. The van der Waals surface area contributed by atoms with Gasteiger partial charge in [0, 0.05) is 26.7 Å². The summed E-state index contributed by atoms with van der Waals surface area (Å²) in [5.41, 5.74) is 0.625. The van der Waals surface area contributed by atoms with Gasteiger partial charge in [-0.15, -0.1) is 0 Å². The topological polar surface area (TPSA) is 96.0 Å². The smallest absolute Gasteiger partial charge is 0.242 e. The second-order valence-corrected chi connectivity index (χ2v) is 9.31. The summed E-state index contributed by atoms with van der Waals surface area (Å²) in [6.45, 7) is 2.25. The van der Waals surface area contributed by atoms with Gasteiger partial charge in [-0.2, -0.15) is 4.31 Å². The van der Waals surface area contributed by atoms with Gasteiger partial charge in [0.1, 0.15) is 11.9 Å². The van der Waals surface area contributed by atoms with Crippen LogP contribution < -0.4 is 5.32 Å². The Morgan fingerprint density at radius 2 is 1.97 bits per heavy atom. The Balaban J connectivity index is 2.11. The van der Waals surface area contributed by atoms with Gasteiger partial charge in [0.2, 0.25) is 21.8 Å². The molecule has 1 saturated heterocycles. The molecule has 1 aliphatic heterocycles. The first-order chi connectivity index (χ1) is 13.6. The lowest BCUT2D eigenvalue weighted by Crippen LogP contribution is -2.51. The van der Waals surface area contributed by atoms with Gasteiger partial charge in [-0.25, -0.2) is 12.8 Å². The summed E-state index contributed by atoms with van der Waals surface area (Å²) in [6.07, 6.45) is 2.78. The molecule has 10 heteroatoms. The minimum Gasteiger partial charge on any atom is -0.376 e. The first-order valence-corrected chi connectivity index (χ1v) is 11.3. The van der Waals surface area contributed by atoms with E-state index in [0.29, 0.717) is 18.7 Å². The van der Waals surface area contributed by atoms with Crippen molar-refractivity contribution in [3.63, 3.8) is 0 Å². The summed E-state index contributed by atoms with van der Waals surface area (Å²) < 4.78 is 42.9. The van der Waals surface area contributed by atoms with Crippen molar-refractivity contribution in [3.05, 3.63) is 35.6 Å². The SMILES string of the molecule is C[C@@H](C(=O)NC[C@H]1CCCO1)N(Cc1ccc(F)cc1)C(=O)CN(C)S(C)(=O)=O. The highest BCUT2D eigenvalue weighted by Crippen LogP contribution is 2.13. The van der Waals surface area contributed by atoms with Crippen LogP contribution in [0.3, 0.4) is 0 Å². The van der Waals surface area contributed by atoms with Gasteiger partial charge in [-0.05, 0) is 37.5 Å². The van der Waals surface area contributed by atoms with Crippen LogP contribution in [0.1, 0.15) is 25.3 Å². The van der Waals surface area contributed by atoms with Crippen molar-refractivity contribution in [2.75, 3.05) is 33.0 Å². The molecule has 2 atom stereocenters. The highest BCUT2D eigenvalue weighted by molar-refractivity contribution is 7.88. The maximum absolute atomic E-state index is 13.2. The standard InChI is InChI=1S/C19H28FN3O5S/c1-14(19(25)21-11-17-5-4-10-28-17)23(12-15-6-8-16(20)9-7-15)18(24)13-22(2)29(3,26)27/h6-9,14,17H,4-5,10-13H2,1-3H3,(H,21,25)/t14-,17+/m0/s1. The van der Waals surface area contributed by atoms with Gasteiger partial charge < -0.3 is 15.0 Å². The highest BCUT2D eigenvalue weighted by Gasteiger charge is 2.29. The fourth-order valence-corrected chi connectivity index (χ4v) is 3.28. The Labute approximate surface area is 171 Å². The molecule has 1 N–H and O–H groups in total. The molecule has 1 fully saturated rings. The molecule has 0 aliphatic carbocycles. The van der Waals surface area contributed by atoms with Crippen LogP contribution in [0.25, 0.3) is 0 Å². The first kappa shape index (κ1) is 23.2. The van der Waals surface area contributed by atoms with Crippen molar-refractivity contribution in [2.24, 2.45) is 0 Å². The van der Waals surface area contributed by atoms with E-state index < -0.39 is 34.3 Å². The monoisotopic (exact) mass is 429 g/mol. The van der Waals surface area contributed by atoms with E-state index in [0.717, 1.165) is 23.4 Å². The molecule has 29 heavy (non-hydrogen) atoms. The lowest BCUT2D eigenvalue weighted by Gasteiger charge is -2.30. The van der Waals surface area contributed by atoms with Gasteiger partial charge in [0.15, 0.2) is 0 Å². The number of likely N-dealkylation sites (N-methyl/N-ethyl adjacent to an activating group) is 1. The number of amides is 2. The average Bonchev–Trinajstić information content (AvgIpc) is 3.17. The zero-order valence-corrected chi connectivity index (χ0v) is 17.7. The molecule has 0 bridgehead atoms. The zero-order valence-electron chi connectivity index (χ0n) is 16.9. The summed E-state index contributed by atoms with van der Waals surface area (Å²) in [7, 11) is -2.26. The first-order valence-electron chi connectivity index (χ1n) is 9.42. The van der Waals surface area contributed by atoms with Gasteiger partial charge in [-0.1, -0.05) is 12.1 Å². The maximum atomic E-state index is 13.2. The van der Waals surface area contributed by atoms with Gasteiger partial charge in [-0.3, -0.25) is 9.59 Å². The molecule has 1 aliphatic rings. The van der Waals surface area contributed by atoms with Crippen LogP contribution in [0.4, 0.5) is 4.39 Å². The number of carbonyl (C=O) groups excluding carboxylic acids is 2. The Morgan fingerprint density at radius 3 is 2.52 bits per heavy atom. The lowest BCUT2D eigenvalue weighted by molar-refractivity contribution is -0.140. The average molecular weight is 430 g/mol. The Hall–Kier alpha value is -2.04. The Kier molecular flexibility index (Phi) is 8.12. The number of halogens is 1. The molecule has 0 radical (unpaired) electrons. The summed E-state index contributed by atoms with van der Waals surface area (Å²) in [5.74, 6) is -1.30. The third kappa shape index (κ3) is 7.06. The number of carbonyl (C=O) groups is 2. The minimum atomic E-state index is -3.56. The van der Waals surface area contributed by atoms with Gasteiger partial charge in [0.05, 0.1) is 18.9 Å². The summed E-state index contributed by atoms with van der Waals surface area (Å²) >= 11 is 0. The molecule has 2 rings (SSSR count). The normalized spacial score (nSPS) is 17.9. The number of hydrogen-bond acceptors (Lipinski definition) is 5. The van der Waals surface area contributed by atoms with Gasteiger partial charge >= 0.3 is 0 Å². The van der Waals surface area contributed by atoms with Crippen LogP contribution in [0, 0.1) is 5.82 Å². The molecule has 0 spiro atoms. The molecule has 1 aromatic rings. The Bertz CT molecular complexity index is 810. The Morgan fingerprint density at radius 1 is 1.31 bits per heavy atom. The summed E-state index contributed by atoms with van der Waals surface area (Å²) in [5, 5.41) is 2.79. The van der Waals surface area contributed by atoms with E-state index in [1.165, 1.54) is 36.2 Å². The summed E-state index contributed by atoms with van der Waals surface area (Å²) in [6, 6.07) is 4.73. The number of nitrogens with zero attached hydrogens (tertiary/aromatic N) is 2. The molecule has 0 saturated carbocycles. The largest absolute Gasteiger partial charge is 0.376 e. The molecule has 1 aromatic carbocycles. The molecular weight excluding hydrogens is 401 g/mol. The van der Waals surface area contributed by atoms with Gasteiger partial charge in [0.25, 0.3) is 0 Å². The number of sulfonamides is 1. The molecule has 162 valence electrons. The quantitative estimate of drug-likeness (QED) is 0.624. The van der Waals surface area contributed by atoms with E-state index in [-0.39, 0.29) is 18.6 Å². The van der Waals surface area contributed by atoms with E-state index >= 15 is 0 Å². The summed E-state index contributed by atoms with van der Waals surface area (Å²) in [4.78, 5) is 26.7. The van der Waals surface area contributed by atoms with Crippen molar-refractivity contribution < 1.29 is 27.1 Å². The van der Waals surface area contributed by atoms with Crippen molar-refractivity contribution in [1.29, 1.82) is 0 Å². The molecule has 0 aromatic heterocycles. The van der Waals surface area contributed by atoms with E-state index in [1.807, 2.05) is 0 Å². The van der Waals surface area contributed by atoms with Crippen LogP contribution in [0.5, 0.6) is 0 Å². The maximum Gasteiger partial charge on any atom is 0.242 e. The molecular formula is C19H28FN3O5S. The fourth-order valence-electron chi connectivity index (χ4n) is 2.94. The van der Waals surface area contributed by atoms with Crippen LogP contribution >= 0.6 is 0 Å². The molecule has 1 heterocycles. The predicted molar refractivity (Wildman–Crippen MR) is 106 cm³/mol. The number of hydrogen-bond donors (Lipinski definition) is 1. The fraction of sp³-hybridized carbons (Fsp3) is 0.579. The van der Waals surface area contributed by atoms with Crippen molar-refractivity contribution in [3.8, 4) is 0 Å². The zero-order chi connectivity index (χ0) is 21.6. The van der Waals surface area contributed by atoms with E-state index in [1.54, 1.807) is 6.92 Å². The second kappa shape index (κ2) is 10.1. The minimum absolute atomic E-state index is 0.0382. The predicted octanol–water partition coefficient (Wildman–Crippen LogP) is 0.729.